The van der Waals surface area contributed by atoms with E-state index in [4.69, 9.17) is 0 Å². The van der Waals surface area contributed by atoms with Gasteiger partial charge in [-0.25, -0.2) is 4.98 Å². The van der Waals surface area contributed by atoms with Gasteiger partial charge < -0.3 is 15.3 Å². The number of aromatic hydroxyl groups is 3. The van der Waals surface area contributed by atoms with Gasteiger partial charge in [0.1, 0.15) is 17.0 Å². The molecular weight excluding hydrogens is 426 g/mol. The van der Waals surface area contributed by atoms with Gasteiger partial charge in [0, 0.05) is 28.1 Å². The van der Waals surface area contributed by atoms with Crippen molar-refractivity contribution in [2.45, 2.75) is 59.8 Å². The number of hydrogen-bond donors (Lipinski definition) is 3. The molecule has 5 nitrogen and oxygen atoms in total. The van der Waals surface area contributed by atoms with Crippen LogP contribution in [0.15, 0.2) is 70.1 Å². The van der Waals surface area contributed by atoms with E-state index in [0.717, 1.165) is 25.7 Å². The van der Waals surface area contributed by atoms with Gasteiger partial charge >= 0.3 is 0 Å². The van der Waals surface area contributed by atoms with Crippen molar-refractivity contribution < 1.29 is 15.3 Å². The first kappa shape index (κ1) is 25.0. The lowest BCUT2D eigenvalue weighted by atomic mass is 9.95. The van der Waals surface area contributed by atoms with Crippen molar-refractivity contribution >= 4 is 10.9 Å². The number of allylic oxidation sites excluding steroid dienone is 6. The van der Waals surface area contributed by atoms with Crippen molar-refractivity contribution in [3.05, 3.63) is 81.1 Å². The number of fused-ring (bicyclic) bond motifs is 3. The molecule has 0 atom stereocenters. The average Bonchev–Trinajstić information content (AvgIpc) is 2.92. The summed E-state index contributed by atoms with van der Waals surface area (Å²) in [6.07, 6.45) is 10.9. The molecule has 0 spiro atoms. The van der Waals surface area contributed by atoms with Crippen LogP contribution in [0.2, 0.25) is 0 Å². The lowest BCUT2D eigenvalue weighted by molar-refractivity contribution is 0.451. The second kappa shape index (κ2) is 11.0. The highest BCUT2D eigenvalue weighted by molar-refractivity contribution is 5.99. The molecule has 0 fully saturated rings. The van der Waals surface area contributed by atoms with E-state index in [0.29, 0.717) is 17.4 Å². The molecule has 0 saturated heterocycles. The predicted octanol–water partition coefficient (Wildman–Crippen LogP) is 6.78. The third-order valence-corrected chi connectivity index (χ3v) is 5.95. The predicted molar refractivity (Wildman–Crippen MR) is 139 cm³/mol. The SMILES string of the molecule is CC(C)=CCCC(C)=CCCC(C)=CCc1cc(O)c2cc(O)nc3c(O)cccc3c-2c1=O. The molecule has 1 aliphatic heterocycles. The van der Waals surface area contributed by atoms with Gasteiger partial charge in [-0.1, -0.05) is 47.1 Å². The zero-order chi connectivity index (χ0) is 24.8. The molecule has 3 rings (SSSR count). The molecule has 5 heteroatoms. The summed E-state index contributed by atoms with van der Waals surface area (Å²) in [6.45, 7) is 8.44. The van der Waals surface area contributed by atoms with Crippen molar-refractivity contribution in [3.63, 3.8) is 0 Å². The Bertz CT molecular complexity index is 1310. The lowest BCUT2D eigenvalue weighted by Crippen LogP contribution is -2.11. The fourth-order valence-corrected chi connectivity index (χ4v) is 4.03. The number of rotatable bonds is 8. The van der Waals surface area contributed by atoms with Crippen LogP contribution in [-0.4, -0.2) is 20.3 Å². The van der Waals surface area contributed by atoms with E-state index >= 15 is 0 Å². The summed E-state index contributed by atoms with van der Waals surface area (Å²) in [7, 11) is 0. The number of phenolic OH excluding ortho intramolecular Hbond substituents is 2. The minimum Gasteiger partial charge on any atom is -0.507 e. The second-order valence-electron chi connectivity index (χ2n) is 9.12. The van der Waals surface area contributed by atoms with Crippen LogP contribution < -0.4 is 5.43 Å². The quantitative estimate of drug-likeness (QED) is 0.323. The molecule has 1 heterocycles. The van der Waals surface area contributed by atoms with Crippen molar-refractivity contribution in [1.29, 1.82) is 0 Å². The molecule has 2 aliphatic rings. The van der Waals surface area contributed by atoms with Crippen LogP contribution in [0.25, 0.3) is 22.0 Å². The van der Waals surface area contributed by atoms with Crippen molar-refractivity contribution in [2.75, 3.05) is 0 Å². The number of phenols is 2. The number of hydrogen-bond acceptors (Lipinski definition) is 5. The van der Waals surface area contributed by atoms with E-state index in [1.807, 2.05) is 13.0 Å². The number of aromatic nitrogens is 1. The zero-order valence-corrected chi connectivity index (χ0v) is 20.4. The Kier molecular flexibility index (Phi) is 8.11. The summed E-state index contributed by atoms with van der Waals surface area (Å²) in [5.41, 5.74) is 4.65. The first-order chi connectivity index (χ1) is 16.2. The van der Waals surface area contributed by atoms with Gasteiger partial charge in [-0.3, -0.25) is 4.79 Å². The van der Waals surface area contributed by atoms with Crippen molar-refractivity contribution in [3.8, 4) is 28.5 Å². The first-order valence-electron chi connectivity index (χ1n) is 11.6. The van der Waals surface area contributed by atoms with Crippen LogP contribution in [0.3, 0.4) is 0 Å². The van der Waals surface area contributed by atoms with Gasteiger partial charge in [-0.2, -0.15) is 0 Å². The van der Waals surface area contributed by atoms with Crippen LogP contribution in [0, 0.1) is 0 Å². The number of benzene rings is 2. The minimum absolute atomic E-state index is 0.108. The third kappa shape index (κ3) is 6.04. The third-order valence-electron chi connectivity index (χ3n) is 5.95. The molecule has 1 aromatic carbocycles. The maximum Gasteiger partial charge on any atom is 0.212 e. The fraction of sp³-hybridized carbons (Fsp3) is 0.310. The van der Waals surface area contributed by atoms with Crippen molar-refractivity contribution in [1.82, 2.24) is 4.98 Å². The van der Waals surface area contributed by atoms with E-state index in [2.05, 4.69) is 37.9 Å². The van der Waals surface area contributed by atoms with Gasteiger partial charge in [0.25, 0.3) is 0 Å². The number of nitrogens with zero attached hydrogens (tertiary/aromatic N) is 1. The Morgan fingerprint density at radius 1 is 0.882 bits per heavy atom. The van der Waals surface area contributed by atoms with Crippen molar-refractivity contribution in [2.24, 2.45) is 0 Å². The Morgan fingerprint density at radius 3 is 2.26 bits per heavy atom. The first-order valence-corrected chi connectivity index (χ1v) is 11.6. The molecule has 1 aliphatic carbocycles. The highest BCUT2D eigenvalue weighted by Gasteiger charge is 2.19. The van der Waals surface area contributed by atoms with Crippen LogP contribution in [0.4, 0.5) is 0 Å². The van der Waals surface area contributed by atoms with Crippen LogP contribution in [0.1, 0.15) is 58.9 Å². The maximum absolute atomic E-state index is 13.4. The average molecular weight is 460 g/mol. The molecule has 3 N–H and O–H groups in total. The Labute approximate surface area is 200 Å². The minimum atomic E-state index is -0.385. The Balaban J connectivity index is 1.85. The summed E-state index contributed by atoms with van der Waals surface area (Å²) in [4.78, 5) is 17.4. The van der Waals surface area contributed by atoms with E-state index < -0.39 is 0 Å². The van der Waals surface area contributed by atoms with Crippen LogP contribution in [-0.2, 0) is 6.42 Å². The molecule has 0 amide bonds. The highest BCUT2D eigenvalue weighted by Crippen LogP contribution is 2.37. The van der Waals surface area contributed by atoms with E-state index in [9.17, 15) is 20.1 Å². The second-order valence-corrected chi connectivity index (χ2v) is 9.12. The summed E-state index contributed by atoms with van der Waals surface area (Å²) >= 11 is 0. The molecule has 1 aromatic rings. The molecule has 178 valence electrons. The molecule has 0 saturated carbocycles. The molecule has 34 heavy (non-hydrogen) atoms. The summed E-state index contributed by atoms with van der Waals surface area (Å²) in [6, 6.07) is 7.41. The molecule has 0 aromatic heterocycles. The maximum atomic E-state index is 13.4. The van der Waals surface area contributed by atoms with Gasteiger partial charge in [0.2, 0.25) is 5.88 Å². The molecule has 0 bridgehead atoms. The van der Waals surface area contributed by atoms with Gasteiger partial charge in [-0.05, 0) is 71.9 Å². The molecular formula is C29H33NO4. The Morgan fingerprint density at radius 2 is 1.56 bits per heavy atom. The Hall–Kier alpha value is -3.60. The highest BCUT2D eigenvalue weighted by atomic mass is 16.3. The van der Waals surface area contributed by atoms with Crippen LogP contribution >= 0.6 is 0 Å². The monoisotopic (exact) mass is 459 g/mol. The van der Waals surface area contributed by atoms with Gasteiger partial charge in [0.05, 0.1) is 0 Å². The van der Waals surface area contributed by atoms with E-state index in [-0.39, 0.29) is 39.5 Å². The summed E-state index contributed by atoms with van der Waals surface area (Å²) in [5, 5.41) is 31.3. The largest absolute Gasteiger partial charge is 0.507 e. The normalized spacial score (nSPS) is 12.4. The topological polar surface area (TPSA) is 90.7 Å². The fourth-order valence-electron chi connectivity index (χ4n) is 4.03. The standard InChI is InChI=1S/C29H33NO4/c1-18(2)8-5-9-19(3)10-6-11-20(4)14-15-21-16-25(32)23-17-26(33)30-28-22(27(23)29(21)34)12-7-13-24(28)31/h7-8,10,12-14,16-17,31-33H,5-6,9,11,15H2,1-4H3. The molecule has 0 radical (unpaired) electrons. The smallest absolute Gasteiger partial charge is 0.212 e. The number of para-hydroxylation sites is 1. The van der Waals surface area contributed by atoms with Gasteiger partial charge in [0.15, 0.2) is 5.43 Å². The lowest BCUT2D eigenvalue weighted by Gasteiger charge is -2.09. The summed E-state index contributed by atoms with van der Waals surface area (Å²) in [5.74, 6) is -0.637. The van der Waals surface area contributed by atoms with Crippen LogP contribution in [0.5, 0.6) is 17.4 Å². The molecule has 0 unspecified atom stereocenters. The summed E-state index contributed by atoms with van der Waals surface area (Å²) < 4.78 is 0. The van der Waals surface area contributed by atoms with E-state index in [1.54, 1.807) is 12.1 Å². The zero-order valence-electron chi connectivity index (χ0n) is 20.4. The van der Waals surface area contributed by atoms with Gasteiger partial charge in [-0.15, -0.1) is 0 Å². The van der Waals surface area contributed by atoms with E-state index in [1.165, 1.54) is 34.9 Å².